The lowest BCUT2D eigenvalue weighted by molar-refractivity contribution is -0.122. The third kappa shape index (κ3) is 1.66. The predicted molar refractivity (Wildman–Crippen MR) is 53.5 cm³/mol. The molecule has 1 unspecified atom stereocenters. The van der Waals surface area contributed by atoms with Gasteiger partial charge in [-0.1, -0.05) is 12.6 Å². The van der Waals surface area contributed by atoms with E-state index in [4.69, 9.17) is 0 Å². The van der Waals surface area contributed by atoms with Gasteiger partial charge in [0.25, 0.3) is 0 Å². The van der Waals surface area contributed by atoms with E-state index >= 15 is 0 Å². The number of carbonyl (C=O) groups excluding carboxylic acids is 1. The highest BCUT2D eigenvalue weighted by Gasteiger charge is 2.25. The van der Waals surface area contributed by atoms with E-state index in [1.165, 1.54) is 0 Å². The first-order valence-electron chi connectivity index (χ1n) is 4.67. The van der Waals surface area contributed by atoms with Crippen LogP contribution in [0.1, 0.15) is 24.5 Å². The summed E-state index contributed by atoms with van der Waals surface area (Å²) in [6, 6.07) is 5.64. The van der Waals surface area contributed by atoms with Gasteiger partial charge in [-0.15, -0.1) is 0 Å². The molecule has 2 rings (SSSR count). The first kappa shape index (κ1) is 8.94. The molecule has 1 aliphatic rings. The van der Waals surface area contributed by atoms with Crippen molar-refractivity contribution in [3.8, 4) is 0 Å². The fraction of sp³-hybridized carbons (Fsp3) is 0.273. The molecular weight excluding hydrogens is 176 g/mol. The minimum absolute atomic E-state index is 0.0138. The molecule has 3 nitrogen and oxygen atoms in total. The molecule has 1 fully saturated rings. The maximum Gasteiger partial charge on any atom is 0.233 e. The fourth-order valence-electron chi connectivity index (χ4n) is 1.64. The Hall–Kier alpha value is -1.64. The average Bonchev–Trinajstić information content (AvgIpc) is 2.19. The lowest BCUT2D eigenvalue weighted by Gasteiger charge is -2.22. The summed E-state index contributed by atoms with van der Waals surface area (Å²) < 4.78 is 0. The molecule has 1 aliphatic heterocycles. The molecule has 1 amide bonds. The molecule has 1 N–H and O–H groups in total. The quantitative estimate of drug-likeness (QED) is 0.727. The number of piperidine rings is 1. The van der Waals surface area contributed by atoms with Crippen molar-refractivity contribution in [3.05, 3.63) is 42.4 Å². The lowest BCUT2D eigenvalue weighted by atomic mass is 9.93. The van der Waals surface area contributed by atoms with E-state index in [9.17, 15) is 4.79 Å². The van der Waals surface area contributed by atoms with Gasteiger partial charge < -0.3 is 5.32 Å². The van der Waals surface area contributed by atoms with Crippen LogP contribution in [0.25, 0.3) is 0 Å². The number of pyridine rings is 1. The van der Waals surface area contributed by atoms with E-state index in [-0.39, 0.29) is 11.8 Å². The Kier molecular flexibility index (Phi) is 2.31. The molecule has 0 radical (unpaired) electrons. The van der Waals surface area contributed by atoms with E-state index in [1.54, 1.807) is 6.20 Å². The summed E-state index contributed by atoms with van der Waals surface area (Å²) in [5.41, 5.74) is 1.65. The number of nitrogens with zero attached hydrogens (tertiary/aromatic N) is 1. The van der Waals surface area contributed by atoms with Crippen molar-refractivity contribution < 1.29 is 4.79 Å². The van der Waals surface area contributed by atoms with Crippen LogP contribution >= 0.6 is 0 Å². The maximum atomic E-state index is 11.6. The predicted octanol–water partition coefficient (Wildman–Crippen LogP) is 1.59. The number of carbonyl (C=O) groups is 1. The Morgan fingerprint density at radius 1 is 1.50 bits per heavy atom. The number of amides is 1. The molecule has 14 heavy (non-hydrogen) atoms. The van der Waals surface area contributed by atoms with Gasteiger partial charge in [0.05, 0.1) is 11.6 Å². The molecule has 1 atom stereocenters. The SMILES string of the molecule is C=C1CCC(c2ccccn2)C(=O)N1. The molecule has 0 spiro atoms. The Labute approximate surface area is 82.9 Å². The summed E-state index contributed by atoms with van der Waals surface area (Å²) in [5.74, 6) is -0.0957. The van der Waals surface area contributed by atoms with Crippen LogP contribution in [0, 0.1) is 0 Å². The van der Waals surface area contributed by atoms with Gasteiger partial charge >= 0.3 is 0 Å². The normalized spacial score (nSPS) is 21.9. The molecule has 1 aromatic rings. The molecule has 0 saturated carbocycles. The third-order valence-electron chi connectivity index (χ3n) is 2.40. The first-order valence-corrected chi connectivity index (χ1v) is 4.67. The van der Waals surface area contributed by atoms with Crippen LogP contribution in [-0.2, 0) is 4.79 Å². The van der Waals surface area contributed by atoms with Crippen molar-refractivity contribution in [2.45, 2.75) is 18.8 Å². The van der Waals surface area contributed by atoms with Gasteiger partial charge in [-0.2, -0.15) is 0 Å². The smallest absolute Gasteiger partial charge is 0.233 e. The van der Waals surface area contributed by atoms with E-state index in [0.29, 0.717) is 0 Å². The van der Waals surface area contributed by atoms with Crippen LogP contribution in [0.15, 0.2) is 36.7 Å². The second kappa shape index (κ2) is 3.62. The van der Waals surface area contributed by atoms with E-state index in [1.807, 2.05) is 18.2 Å². The molecule has 1 saturated heterocycles. The van der Waals surface area contributed by atoms with Crippen LogP contribution in [0.4, 0.5) is 0 Å². The Morgan fingerprint density at radius 3 is 3.00 bits per heavy atom. The summed E-state index contributed by atoms with van der Waals surface area (Å²) in [6.07, 6.45) is 3.36. The highest BCUT2D eigenvalue weighted by Crippen LogP contribution is 2.25. The van der Waals surface area contributed by atoms with E-state index in [0.717, 1.165) is 24.2 Å². The van der Waals surface area contributed by atoms with Crippen molar-refractivity contribution >= 4 is 5.91 Å². The van der Waals surface area contributed by atoms with E-state index < -0.39 is 0 Å². The molecule has 0 aromatic carbocycles. The van der Waals surface area contributed by atoms with Gasteiger partial charge in [0, 0.05) is 11.9 Å². The highest BCUT2D eigenvalue weighted by atomic mass is 16.2. The van der Waals surface area contributed by atoms with Gasteiger partial charge in [0.15, 0.2) is 0 Å². The van der Waals surface area contributed by atoms with Crippen molar-refractivity contribution in [2.75, 3.05) is 0 Å². The highest BCUT2D eigenvalue weighted by molar-refractivity contribution is 5.85. The van der Waals surface area contributed by atoms with Gasteiger partial charge in [-0.25, -0.2) is 0 Å². The standard InChI is InChI=1S/C11H12N2O/c1-8-5-6-9(11(14)13-8)10-4-2-3-7-12-10/h2-4,7,9H,1,5-6H2,(H,13,14). The number of rotatable bonds is 1. The van der Waals surface area contributed by atoms with Gasteiger partial charge in [0.2, 0.25) is 5.91 Å². The monoisotopic (exact) mass is 188 g/mol. The summed E-state index contributed by atoms with van der Waals surface area (Å²) in [6.45, 7) is 3.74. The number of hydrogen-bond donors (Lipinski definition) is 1. The number of aromatic nitrogens is 1. The van der Waals surface area contributed by atoms with Crippen molar-refractivity contribution in [2.24, 2.45) is 0 Å². The molecule has 2 heterocycles. The average molecular weight is 188 g/mol. The van der Waals surface area contributed by atoms with Gasteiger partial charge in [-0.3, -0.25) is 9.78 Å². The zero-order chi connectivity index (χ0) is 9.97. The third-order valence-corrected chi connectivity index (χ3v) is 2.40. The molecule has 3 heteroatoms. The molecule has 0 aliphatic carbocycles. The Morgan fingerprint density at radius 2 is 2.36 bits per heavy atom. The number of nitrogens with one attached hydrogen (secondary N) is 1. The van der Waals surface area contributed by atoms with Crippen LogP contribution in [0.3, 0.4) is 0 Å². The van der Waals surface area contributed by atoms with Crippen LogP contribution in [-0.4, -0.2) is 10.9 Å². The molecular formula is C11H12N2O. The summed E-state index contributed by atoms with van der Waals surface area (Å²) >= 11 is 0. The van der Waals surface area contributed by atoms with Crippen LogP contribution < -0.4 is 5.32 Å². The zero-order valence-electron chi connectivity index (χ0n) is 7.86. The lowest BCUT2D eigenvalue weighted by Crippen LogP contribution is -2.33. The van der Waals surface area contributed by atoms with Gasteiger partial charge in [0.1, 0.15) is 0 Å². The van der Waals surface area contributed by atoms with Crippen LogP contribution in [0.2, 0.25) is 0 Å². The molecule has 0 bridgehead atoms. The second-order valence-electron chi connectivity index (χ2n) is 3.44. The topological polar surface area (TPSA) is 42.0 Å². The van der Waals surface area contributed by atoms with E-state index in [2.05, 4.69) is 16.9 Å². The molecule has 1 aromatic heterocycles. The van der Waals surface area contributed by atoms with Crippen molar-refractivity contribution in [1.82, 2.24) is 10.3 Å². The maximum absolute atomic E-state index is 11.6. The second-order valence-corrected chi connectivity index (χ2v) is 3.44. The summed E-state index contributed by atoms with van der Waals surface area (Å²) in [7, 11) is 0. The molecule has 72 valence electrons. The number of allylic oxidation sites excluding steroid dienone is 1. The minimum Gasteiger partial charge on any atom is -0.330 e. The number of hydrogen-bond acceptors (Lipinski definition) is 2. The summed E-state index contributed by atoms with van der Waals surface area (Å²) in [4.78, 5) is 15.8. The largest absolute Gasteiger partial charge is 0.330 e. The van der Waals surface area contributed by atoms with Crippen LogP contribution in [0.5, 0.6) is 0 Å². The zero-order valence-corrected chi connectivity index (χ0v) is 7.86. The first-order chi connectivity index (χ1) is 6.77. The Bertz CT molecular complexity index is 359. The summed E-state index contributed by atoms with van der Waals surface area (Å²) in [5, 5.41) is 2.75. The van der Waals surface area contributed by atoms with Crippen molar-refractivity contribution in [1.29, 1.82) is 0 Å². The van der Waals surface area contributed by atoms with Gasteiger partial charge in [-0.05, 0) is 25.0 Å². The van der Waals surface area contributed by atoms with Crippen molar-refractivity contribution in [3.63, 3.8) is 0 Å². The minimum atomic E-state index is -0.110. The fourth-order valence-corrected chi connectivity index (χ4v) is 1.64. The Balaban J connectivity index is 2.20.